The lowest BCUT2D eigenvalue weighted by atomic mass is 10.1. The quantitative estimate of drug-likeness (QED) is 0.693. The van der Waals surface area contributed by atoms with Crippen LogP contribution in [-0.2, 0) is 4.79 Å². The first kappa shape index (κ1) is 11.6. The number of hydrogen-bond donors (Lipinski definition) is 0. The lowest BCUT2D eigenvalue weighted by Crippen LogP contribution is -2.01. The van der Waals surface area contributed by atoms with Gasteiger partial charge in [0.25, 0.3) is 0 Å². The van der Waals surface area contributed by atoms with Crippen molar-refractivity contribution in [1.82, 2.24) is 4.98 Å². The first-order chi connectivity index (χ1) is 7.09. The standard InChI is InChI=1S/C12H15NO2/c1-9-8-11(6-7-13-9)12(15)5-3-4-10(2)14/h6-8H,3-5H2,1-2H3. The number of aryl methyl sites for hydroxylation is 1. The third-order valence-corrected chi connectivity index (χ3v) is 2.15. The normalized spacial score (nSPS) is 10.0. The van der Waals surface area contributed by atoms with E-state index < -0.39 is 0 Å². The molecule has 80 valence electrons. The van der Waals surface area contributed by atoms with Crippen molar-refractivity contribution in [3.05, 3.63) is 29.6 Å². The Balaban J connectivity index is 2.50. The Bertz CT molecular complexity index is 372. The average Bonchev–Trinajstić information content (AvgIpc) is 2.17. The number of carbonyl (C=O) groups excluding carboxylic acids is 2. The van der Waals surface area contributed by atoms with E-state index in [1.54, 1.807) is 25.3 Å². The predicted molar refractivity (Wildman–Crippen MR) is 57.8 cm³/mol. The highest BCUT2D eigenvalue weighted by Crippen LogP contribution is 2.07. The van der Waals surface area contributed by atoms with Crippen LogP contribution >= 0.6 is 0 Å². The van der Waals surface area contributed by atoms with Gasteiger partial charge in [-0.1, -0.05) is 0 Å². The predicted octanol–water partition coefficient (Wildman–Crippen LogP) is 2.33. The van der Waals surface area contributed by atoms with Crippen molar-refractivity contribution in [2.24, 2.45) is 0 Å². The number of aromatic nitrogens is 1. The number of carbonyl (C=O) groups is 2. The van der Waals surface area contributed by atoms with E-state index in [4.69, 9.17) is 0 Å². The minimum Gasteiger partial charge on any atom is -0.300 e. The monoisotopic (exact) mass is 205 g/mol. The number of pyridine rings is 1. The number of nitrogens with zero attached hydrogens (tertiary/aromatic N) is 1. The Hall–Kier alpha value is -1.51. The van der Waals surface area contributed by atoms with Crippen molar-refractivity contribution in [3.8, 4) is 0 Å². The molecule has 3 nitrogen and oxygen atoms in total. The van der Waals surface area contributed by atoms with Gasteiger partial charge < -0.3 is 4.79 Å². The van der Waals surface area contributed by atoms with Crippen LogP contribution in [0, 0.1) is 6.92 Å². The van der Waals surface area contributed by atoms with Crippen LogP contribution in [0.25, 0.3) is 0 Å². The molecule has 15 heavy (non-hydrogen) atoms. The van der Waals surface area contributed by atoms with Gasteiger partial charge in [-0.2, -0.15) is 0 Å². The molecule has 0 saturated heterocycles. The smallest absolute Gasteiger partial charge is 0.163 e. The Kier molecular flexibility index (Phi) is 4.16. The van der Waals surface area contributed by atoms with Crippen molar-refractivity contribution in [1.29, 1.82) is 0 Å². The summed E-state index contributed by atoms with van der Waals surface area (Å²) in [6, 6.07) is 3.49. The van der Waals surface area contributed by atoms with Crippen LogP contribution in [-0.4, -0.2) is 16.6 Å². The molecule has 3 heteroatoms. The van der Waals surface area contributed by atoms with Crippen molar-refractivity contribution in [2.75, 3.05) is 0 Å². The Labute approximate surface area is 89.5 Å². The maximum absolute atomic E-state index is 11.6. The van der Waals surface area contributed by atoms with Crippen LogP contribution in [0.1, 0.15) is 42.2 Å². The zero-order valence-corrected chi connectivity index (χ0v) is 9.12. The largest absolute Gasteiger partial charge is 0.300 e. The molecular weight excluding hydrogens is 190 g/mol. The molecule has 0 fully saturated rings. The molecule has 0 bridgehead atoms. The third-order valence-electron chi connectivity index (χ3n) is 2.15. The summed E-state index contributed by atoms with van der Waals surface area (Å²) in [5.41, 5.74) is 1.53. The first-order valence-corrected chi connectivity index (χ1v) is 5.05. The van der Waals surface area contributed by atoms with Crippen molar-refractivity contribution in [3.63, 3.8) is 0 Å². The number of rotatable bonds is 5. The van der Waals surface area contributed by atoms with Crippen LogP contribution in [0.2, 0.25) is 0 Å². The molecule has 0 aromatic carbocycles. The summed E-state index contributed by atoms with van der Waals surface area (Å²) in [5, 5.41) is 0. The molecule has 0 radical (unpaired) electrons. The van der Waals surface area contributed by atoms with Gasteiger partial charge in [-0.15, -0.1) is 0 Å². The molecule has 0 saturated carbocycles. The molecule has 0 N–H and O–H groups in total. The SMILES string of the molecule is CC(=O)CCCC(=O)c1ccnc(C)c1. The van der Waals surface area contributed by atoms with E-state index in [2.05, 4.69) is 4.98 Å². The maximum atomic E-state index is 11.6. The second-order valence-electron chi connectivity index (χ2n) is 3.66. The molecular formula is C12H15NO2. The van der Waals surface area contributed by atoms with Crippen molar-refractivity contribution in [2.45, 2.75) is 33.1 Å². The molecule has 0 amide bonds. The van der Waals surface area contributed by atoms with E-state index in [9.17, 15) is 9.59 Å². The van der Waals surface area contributed by atoms with Crippen LogP contribution in [0.5, 0.6) is 0 Å². The Morgan fingerprint density at radius 2 is 2.07 bits per heavy atom. The second kappa shape index (κ2) is 5.39. The summed E-state index contributed by atoms with van der Waals surface area (Å²) < 4.78 is 0. The van der Waals surface area contributed by atoms with E-state index in [-0.39, 0.29) is 11.6 Å². The van der Waals surface area contributed by atoms with E-state index in [0.717, 1.165) is 5.69 Å². The minimum atomic E-state index is 0.0850. The summed E-state index contributed by atoms with van der Waals surface area (Å²) in [5.74, 6) is 0.218. The van der Waals surface area contributed by atoms with Crippen LogP contribution < -0.4 is 0 Å². The molecule has 0 unspecified atom stereocenters. The first-order valence-electron chi connectivity index (χ1n) is 5.05. The molecule has 0 atom stereocenters. The Morgan fingerprint density at radius 1 is 1.33 bits per heavy atom. The van der Waals surface area contributed by atoms with Gasteiger partial charge in [0.2, 0.25) is 0 Å². The van der Waals surface area contributed by atoms with E-state index in [1.807, 2.05) is 6.92 Å². The Morgan fingerprint density at radius 3 is 2.67 bits per heavy atom. The lowest BCUT2D eigenvalue weighted by molar-refractivity contribution is -0.117. The van der Waals surface area contributed by atoms with Gasteiger partial charge in [0, 0.05) is 30.3 Å². The van der Waals surface area contributed by atoms with Gasteiger partial charge in [-0.05, 0) is 32.4 Å². The van der Waals surface area contributed by atoms with E-state index >= 15 is 0 Å². The summed E-state index contributed by atoms with van der Waals surface area (Å²) in [6.07, 6.45) is 3.18. The number of hydrogen-bond acceptors (Lipinski definition) is 3. The molecule has 0 aliphatic heterocycles. The van der Waals surface area contributed by atoms with E-state index in [1.165, 1.54) is 0 Å². The fourth-order valence-corrected chi connectivity index (χ4v) is 1.36. The van der Waals surface area contributed by atoms with Crippen LogP contribution in [0.4, 0.5) is 0 Å². The summed E-state index contributed by atoms with van der Waals surface area (Å²) in [6.45, 7) is 3.40. The highest BCUT2D eigenvalue weighted by molar-refractivity contribution is 5.96. The molecule has 1 aromatic rings. The summed E-state index contributed by atoms with van der Waals surface area (Å²) in [7, 11) is 0. The van der Waals surface area contributed by atoms with Crippen molar-refractivity contribution >= 4 is 11.6 Å². The van der Waals surface area contributed by atoms with Crippen molar-refractivity contribution < 1.29 is 9.59 Å². The molecule has 1 rings (SSSR count). The fraction of sp³-hybridized carbons (Fsp3) is 0.417. The van der Waals surface area contributed by atoms with Gasteiger partial charge >= 0.3 is 0 Å². The van der Waals surface area contributed by atoms with E-state index in [0.29, 0.717) is 24.8 Å². The van der Waals surface area contributed by atoms with Gasteiger partial charge in [0.1, 0.15) is 5.78 Å². The maximum Gasteiger partial charge on any atom is 0.163 e. The highest BCUT2D eigenvalue weighted by atomic mass is 16.1. The third kappa shape index (κ3) is 4.02. The molecule has 0 aliphatic rings. The average molecular weight is 205 g/mol. The molecule has 1 heterocycles. The lowest BCUT2D eigenvalue weighted by Gasteiger charge is -2.00. The molecule has 0 aliphatic carbocycles. The fourth-order valence-electron chi connectivity index (χ4n) is 1.36. The van der Waals surface area contributed by atoms with Gasteiger partial charge in [-0.3, -0.25) is 9.78 Å². The minimum absolute atomic E-state index is 0.0850. The topological polar surface area (TPSA) is 47.0 Å². The zero-order chi connectivity index (χ0) is 11.3. The number of Topliss-reactive ketones (excluding diaryl/α,β-unsaturated/α-hetero) is 2. The molecule has 0 spiro atoms. The van der Waals surface area contributed by atoms with Gasteiger partial charge in [0.05, 0.1) is 0 Å². The van der Waals surface area contributed by atoms with Crippen LogP contribution in [0.15, 0.2) is 18.3 Å². The zero-order valence-electron chi connectivity index (χ0n) is 9.12. The number of ketones is 2. The van der Waals surface area contributed by atoms with Gasteiger partial charge in [-0.25, -0.2) is 0 Å². The summed E-state index contributed by atoms with van der Waals surface area (Å²) in [4.78, 5) is 26.4. The summed E-state index contributed by atoms with van der Waals surface area (Å²) >= 11 is 0. The highest BCUT2D eigenvalue weighted by Gasteiger charge is 2.06. The van der Waals surface area contributed by atoms with Crippen LogP contribution in [0.3, 0.4) is 0 Å². The van der Waals surface area contributed by atoms with Gasteiger partial charge in [0.15, 0.2) is 5.78 Å². The molecule has 1 aromatic heterocycles. The second-order valence-corrected chi connectivity index (χ2v) is 3.66.